The number of hydrogen-bond donors (Lipinski definition) is 0. The summed E-state index contributed by atoms with van der Waals surface area (Å²) in [6, 6.07) is 8.81. The van der Waals surface area contributed by atoms with E-state index in [1.54, 1.807) is 7.11 Å². The Morgan fingerprint density at radius 2 is 2.00 bits per heavy atom. The van der Waals surface area contributed by atoms with Gasteiger partial charge in [-0.15, -0.1) is 0 Å². The Morgan fingerprint density at radius 1 is 1.26 bits per heavy atom. The van der Waals surface area contributed by atoms with Crippen LogP contribution >= 0.6 is 0 Å². The monoisotopic (exact) mass is 320 g/mol. The number of methoxy groups -OCH3 is 1. The number of carbonyl (C=O) groups excluding carboxylic acids is 1. The summed E-state index contributed by atoms with van der Waals surface area (Å²) in [6.45, 7) is 2.86. The van der Waals surface area contributed by atoms with Crippen molar-refractivity contribution in [3.05, 3.63) is 35.4 Å². The van der Waals surface area contributed by atoms with E-state index < -0.39 is 0 Å². The maximum Gasteiger partial charge on any atom is 0.249 e. The van der Waals surface area contributed by atoms with Gasteiger partial charge in [0.1, 0.15) is 6.61 Å². The van der Waals surface area contributed by atoms with E-state index in [-0.39, 0.29) is 18.6 Å². The van der Waals surface area contributed by atoms with Gasteiger partial charge in [-0.2, -0.15) is 0 Å². The van der Waals surface area contributed by atoms with Crippen molar-refractivity contribution in [1.29, 1.82) is 0 Å². The van der Waals surface area contributed by atoms with Gasteiger partial charge in [0.05, 0.1) is 19.3 Å². The molecule has 0 bridgehead atoms. The molecule has 0 unspecified atom stereocenters. The highest BCUT2D eigenvalue weighted by molar-refractivity contribution is 5.78. The molecule has 2 rings (SSSR count). The average Bonchev–Trinajstić information content (AvgIpc) is 3.01. The van der Waals surface area contributed by atoms with Gasteiger partial charge in [0.25, 0.3) is 0 Å². The van der Waals surface area contributed by atoms with Crippen molar-refractivity contribution in [2.45, 2.75) is 25.4 Å². The van der Waals surface area contributed by atoms with Crippen LogP contribution in [0.2, 0.25) is 0 Å². The molecule has 0 radical (unpaired) electrons. The second kappa shape index (κ2) is 9.01. The van der Waals surface area contributed by atoms with Crippen LogP contribution in [0.25, 0.3) is 0 Å². The summed E-state index contributed by atoms with van der Waals surface area (Å²) in [5, 5.41) is 0. The van der Waals surface area contributed by atoms with Gasteiger partial charge < -0.3 is 19.3 Å². The lowest BCUT2D eigenvalue weighted by Crippen LogP contribution is -2.33. The number of nitrogens with zero attached hydrogens (tertiary/aromatic N) is 2. The highest BCUT2D eigenvalue weighted by Gasteiger charge is 2.29. The standard InChI is InChI=1S/C18H28N2O3/c1-19(2)13-15-6-8-16(9-7-15)17-5-4-10-20(17)18(21)14-23-12-11-22-3/h6-9,17H,4-5,10-14H2,1-3H3/t17-/m0/s1. The molecule has 1 amide bonds. The normalized spacial score (nSPS) is 17.9. The first-order valence-electron chi connectivity index (χ1n) is 8.21. The Balaban J connectivity index is 1.93. The van der Waals surface area contributed by atoms with Gasteiger partial charge in [-0.1, -0.05) is 24.3 Å². The van der Waals surface area contributed by atoms with E-state index in [9.17, 15) is 4.79 Å². The van der Waals surface area contributed by atoms with Crippen LogP contribution in [0.3, 0.4) is 0 Å². The second-order valence-corrected chi connectivity index (χ2v) is 6.27. The molecule has 1 fully saturated rings. The molecule has 0 N–H and O–H groups in total. The minimum atomic E-state index is 0.0703. The topological polar surface area (TPSA) is 42.0 Å². The average molecular weight is 320 g/mol. The molecule has 0 aliphatic carbocycles. The summed E-state index contributed by atoms with van der Waals surface area (Å²) < 4.78 is 10.3. The quantitative estimate of drug-likeness (QED) is 0.688. The van der Waals surface area contributed by atoms with Gasteiger partial charge in [0, 0.05) is 20.2 Å². The third-order valence-electron chi connectivity index (χ3n) is 4.09. The van der Waals surface area contributed by atoms with E-state index in [1.807, 2.05) is 4.90 Å². The van der Waals surface area contributed by atoms with Crippen LogP contribution in [-0.4, -0.2) is 63.3 Å². The van der Waals surface area contributed by atoms with Crippen molar-refractivity contribution < 1.29 is 14.3 Å². The van der Waals surface area contributed by atoms with Gasteiger partial charge in [-0.25, -0.2) is 0 Å². The van der Waals surface area contributed by atoms with E-state index in [4.69, 9.17) is 9.47 Å². The summed E-state index contributed by atoms with van der Waals surface area (Å²) in [4.78, 5) is 16.5. The van der Waals surface area contributed by atoms with Crippen LogP contribution in [0.5, 0.6) is 0 Å². The van der Waals surface area contributed by atoms with Crippen LogP contribution in [0.15, 0.2) is 24.3 Å². The highest BCUT2D eigenvalue weighted by Crippen LogP contribution is 2.32. The number of likely N-dealkylation sites (tertiary alicyclic amines) is 1. The zero-order valence-corrected chi connectivity index (χ0v) is 14.5. The number of hydrogen-bond acceptors (Lipinski definition) is 4. The number of ether oxygens (including phenoxy) is 2. The van der Waals surface area contributed by atoms with E-state index in [0.29, 0.717) is 13.2 Å². The Kier molecular flexibility index (Phi) is 7.02. The SMILES string of the molecule is COCCOCC(=O)N1CCC[C@H]1c1ccc(CN(C)C)cc1. The van der Waals surface area contributed by atoms with Gasteiger partial charge in [-0.3, -0.25) is 4.79 Å². The zero-order valence-electron chi connectivity index (χ0n) is 14.5. The fourth-order valence-electron chi connectivity index (χ4n) is 3.01. The molecular weight excluding hydrogens is 292 g/mol. The minimum Gasteiger partial charge on any atom is -0.382 e. The first kappa shape index (κ1) is 17.9. The lowest BCUT2D eigenvalue weighted by atomic mass is 10.0. The van der Waals surface area contributed by atoms with Crippen molar-refractivity contribution in [2.24, 2.45) is 0 Å². The molecule has 1 aliphatic heterocycles. The molecule has 1 heterocycles. The molecule has 0 spiro atoms. The molecule has 1 aromatic carbocycles. The number of amides is 1. The van der Waals surface area contributed by atoms with Crippen molar-refractivity contribution in [1.82, 2.24) is 9.80 Å². The molecule has 0 saturated carbocycles. The first-order chi connectivity index (χ1) is 11.1. The third-order valence-corrected chi connectivity index (χ3v) is 4.09. The Hall–Kier alpha value is -1.43. The van der Waals surface area contributed by atoms with E-state index >= 15 is 0 Å². The largest absolute Gasteiger partial charge is 0.382 e. The Labute approximate surface area is 139 Å². The lowest BCUT2D eigenvalue weighted by molar-refractivity contribution is -0.137. The van der Waals surface area contributed by atoms with Crippen LogP contribution < -0.4 is 0 Å². The molecule has 0 aromatic heterocycles. The van der Waals surface area contributed by atoms with Crippen LogP contribution in [0.1, 0.15) is 30.0 Å². The number of rotatable bonds is 8. The predicted molar refractivity (Wildman–Crippen MR) is 90.2 cm³/mol. The van der Waals surface area contributed by atoms with Crippen molar-refractivity contribution in [3.63, 3.8) is 0 Å². The molecular formula is C18H28N2O3. The molecule has 5 nitrogen and oxygen atoms in total. The fraction of sp³-hybridized carbons (Fsp3) is 0.611. The highest BCUT2D eigenvalue weighted by atomic mass is 16.5. The van der Waals surface area contributed by atoms with Gasteiger partial charge in [0.2, 0.25) is 5.91 Å². The summed E-state index contributed by atoms with van der Waals surface area (Å²) in [6.07, 6.45) is 2.07. The van der Waals surface area contributed by atoms with E-state index in [1.165, 1.54) is 11.1 Å². The molecule has 23 heavy (non-hydrogen) atoms. The van der Waals surface area contributed by atoms with Crippen molar-refractivity contribution in [3.8, 4) is 0 Å². The maximum absolute atomic E-state index is 12.4. The summed E-state index contributed by atoms with van der Waals surface area (Å²) in [7, 11) is 5.76. The molecule has 1 saturated heterocycles. The van der Waals surface area contributed by atoms with Gasteiger partial charge >= 0.3 is 0 Å². The van der Waals surface area contributed by atoms with Gasteiger partial charge in [-0.05, 0) is 38.1 Å². The number of benzene rings is 1. The van der Waals surface area contributed by atoms with Crippen LogP contribution in [0.4, 0.5) is 0 Å². The van der Waals surface area contributed by atoms with Crippen molar-refractivity contribution >= 4 is 5.91 Å². The fourth-order valence-corrected chi connectivity index (χ4v) is 3.01. The second-order valence-electron chi connectivity index (χ2n) is 6.27. The molecule has 128 valence electrons. The van der Waals surface area contributed by atoms with Crippen molar-refractivity contribution in [2.75, 3.05) is 47.6 Å². The molecule has 1 aromatic rings. The summed E-state index contributed by atoms with van der Waals surface area (Å²) in [5.41, 5.74) is 2.51. The minimum absolute atomic E-state index is 0.0703. The Bertz CT molecular complexity index is 488. The predicted octanol–water partition coefficient (Wildman–Crippen LogP) is 2.07. The molecule has 1 atom stereocenters. The smallest absolute Gasteiger partial charge is 0.249 e. The molecule has 5 heteroatoms. The van der Waals surface area contributed by atoms with E-state index in [0.717, 1.165) is 25.9 Å². The van der Waals surface area contributed by atoms with E-state index in [2.05, 4.69) is 43.3 Å². The maximum atomic E-state index is 12.4. The zero-order chi connectivity index (χ0) is 16.7. The third kappa shape index (κ3) is 5.30. The van der Waals surface area contributed by atoms with Crippen LogP contribution in [-0.2, 0) is 20.8 Å². The summed E-state index contributed by atoms with van der Waals surface area (Å²) in [5.74, 6) is 0.0703. The Morgan fingerprint density at radius 3 is 2.65 bits per heavy atom. The number of carbonyl (C=O) groups is 1. The first-order valence-corrected chi connectivity index (χ1v) is 8.21. The summed E-state index contributed by atoms with van der Waals surface area (Å²) >= 11 is 0. The van der Waals surface area contributed by atoms with Gasteiger partial charge in [0.15, 0.2) is 0 Å². The van der Waals surface area contributed by atoms with Crippen LogP contribution in [0, 0.1) is 0 Å². The molecule has 1 aliphatic rings. The lowest BCUT2D eigenvalue weighted by Gasteiger charge is -2.25.